The Morgan fingerprint density at radius 3 is 2.63 bits per heavy atom. The lowest BCUT2D eigenvalue weighted by atomic mass is 10.1. The summed E-state index contributed by atoms with van der Waals surface area (Å²) in [6.45, 7) is 1.29. The fraction of sp³-hybridized carbons (Fsp3) is 0.190. The van der Waals surface area contributed by atoms with Crippen LogP contribution in [0.25, 0.3) is 6.08 Å². The highest BCUT2D eigenvalue weighted by molar-refractivity contribution is 8.18. The minimum atomic E-state index is -0.236. The Kier molecular flexibility index (Phi) is 6.80. The number of hydrogen-bond acceptors (Lipinski definition) is 5. The van der Waals surface area contributed by atoms with Crippen molar-refractivity contribution in [3.8, 4) is 6.19 Å². The van der Waals surface area contributed by atoms with Crippen LogP contribution >= 0.6 is 11.8 Å². The predicted octanol–water partition coefficient (Wildman–Crippen LogP) is 3.88. The number of rotatable bonds is 7. The zero-order valence-electron chi connectivity index (χ0n) is 14.7. The molecule has 3 rings (SSSR count). The number of nitrogens with one attached hydrogen (secondary N) is 1. The smallest absolute Gasteiger partial charge is 0.264 e. The van der Waals surface area contributed by atoms with E-state index in [2.05, 4.69) is 34.6 Å². The summed E-state index contributed by atoms with van der Waals surface area (Å²) in [5.41, 5.74) is 3.33. The van der Waals surface area contributed by atoms with Crippen LogP contribution in [0.1, 0.15) is 23.1 Å². The van der Waals surface area contributed by atoms with Gasteiger partial charge in [0.2, 0.25) is 6.19 Å². The third kappa shape index (κ3) is 5.81. The first-order chi connectivity index (χ1) is 13.2. The topological polar surface area (TPSA) is 74.5 Å². The zero-order valence-corrected chi connectivity index (χ0v) is 15.5. The Morgan fingerprint density at radius 1 is 1.11 bits per heavy atom. The average Bonchev–Trinajstić information content (AvgIpc) is 3.03. The Hall–Kier alpha value is -2.88. The summed E-state index contributed by atoms with van der Waals surface area (Å²) in [6.07, 6.45) is 5.46. The molecule has 2 aromatic carbocycles. The van der Waals surface area contributed by atoms with Gasteiger partial charge in [-0.2, -0.15) is 5.26 Å². The Morgan fingerprint density at radius 2 is 1.89 bits per heavy atom. The number of aliphatic imine (C=N–C) groups is 1. The van der Waals surface area contributed by atoms with Crippen LogP contribution in [0.2, 0.25) is 0 Å². The molecule has 5 nitrogen and oxygen atoms in total. The van der Waals surface area contributed by atoms with Crippen molar-refractivity contribution < 1.29 is 9.53 Å². The number of thioether (sulfide) groups is 1. The lowest BCUT2D eigenvalue weighted by Gasteiger charge is -2.05. The molecule has 0 bridgehead atoms. The number of benzene rings is 2. The maximum absolute atomic E-state index is 11.8. The molecule has 0 spiro atoms. The molecule has 1 amide bonds. The first-order valence-corrected chi connectivity index (χ1v) is 9.44. The van der Waals surface area contributed by atoms with E-state index in [-0.39, 0.29) is 5.91 Å². The number of carbonyl (C=O) groups is 1. The van der Waals surface area contributed by atoms with Gasteiger partial charge in [0, 0.05) is 6.61 Å². The molecule has 136 valence electrons. The highest BCUT2D eigenvalue weighted by Crippen LogP contribution is 2.25. The van der Waals surface area contributed by atoms with E-state index in [0.29, 0.717) is 16.7 Å². The van der Waals surface area contributed by atoms with Crippen molar-refractivity contribution in [1.82, 2.24) is 5.32 Å². The molecule has 6 heteroatoms. The summed E-state index contributed by atoms with van der Waals surface area (Å²) < 4.78 is 5.74. The quantitative estimate of drug-likeness (QED) is 0.451. The van der Waals surface area contributed by atoms with Crippen LogP contribution in [0.5, 0.6) is 0 Å². The molecule has 2 aromatic rings. The van der Waals surface area contributed by atoms with Gasteiger partial charge in [0.15, 0.2) is 5.17 Å². The van der Waals surface area contributed by atoms with Gasteiger partial charge in [-0.1, -0.05) is 54.6 Å². The monoisotopic (exact) mass is 377 g/mol. The Bertz CT molecular complexity index is 884. The predicted molar refractivity (Wildman–Crippen MR) is 108 cm³/mol. The number of carbonyl (C=O) groups excluding carboxylic acids is 1. The molecule has 0 saturated carbocycles. The van der Waals surface area contributed by atoms with Crippen LogP contribution in [-0.2, 0) is 22.6 Å². The van der Waals surface area contributed by atoms with Gasteiger partial charge in [0.25, 0.3) is 5.91 Å². The molecule has 1 N–H and O–H groups in total. The van der Waals surface area contributed by atoms with Gasteiger partial charge in [-0.15, -0.1) is 4.99 Å². The van der Waals surface area contributed by atoms with Crippen LogP contribution in [0.4, 0.5) is 0 Å². The lowest BCUT2D eigenvalue weighted by molar-refractivity contribution is -0.115. The van der Waals surface area contributed by atoms with E-state index in [4.69, 9.17) is 10.00 Å². The Labute approximate surface area is 162 Å². The SMILES string of the molecule is N#CN=C1NC(=O)/C(=C\c2ccc(COCCCc3ccccc3)cc2)S1. The number of ether oxygens (including phenoxy) is 1. The van der Waals surface area contributed by atoms with Crippen LogP contribution in [-0.4, -0.2) is 17.7 Å². The molecule has 0 radical (unpaired) electrons. The van der Waals surface area contributed by atoms with E-state index in [0.717, 1.165) is 42.3 Å². The molecule has 1 aliphatic rings. The number of aryl methyl sites for hydroxylation is 1. The second kappa shape index (κ2) is 9.72. The largest absolute Gasteiger partial charge is 0.377 e. The van der Waals surface area contributed by atoms with Gasteiger partial charge < -0.3 is 4.74 Å². The summed E-state index contributed by atoms with van der Waals surface area (Å²) in [7, 11) is 0. The van der Waals surface area contributed by atoms with Gasteiger partial charge in [-0.3, -0.25) is 10.1 Å². The maximum Gasteiger partial charge on any atom is 0.264 e. The van der Waals surface area contributed by atoms with E-state index < -0.39 is 0 Å². The highest BCUT2D eigenvalue weighted by Gasteiger charge is 2.23. The van der Waals surface area contributed by atoms with Crippen molar-refractivity contribution in [2.45, 2.75) is 19.4 Å². The third-order valence-electron chi connectivity index (χ3n) is 3.95. The normalized spacial score (nSPS) is 16.5. The number of nitriles is 1. The number of amidine groups is 1. The summed E-state index contributed by atoms with van der Waals surface area (Å²) in [5.74, 6) is -0.236. The second-order valence-electron chi connectivity index (χ2n) is 5.97. The molecule has 1 aliphatic heterocycles. The van der Waals surface area contributed by atoms with Crippen molar-refractivity contribution in [1.29, 1.82) is 5.26 Å². The standard InChI is InChI=1S/C21H19N3O2S/c22-15-23-21-24-20(25)19(27-21)13-17-8-10-18(11-9-17)14-26-12-4-7-16-5-2-1-3-6-16/h1-3,5-6,8-11,13H,4,7,12,14H2,(H,23,24,25)/b19-13+. The molecule has 0 aromatic heterocycles. The van der Waals surface area contributed by atoms with Crippen molar-refractivity contribution >= 4 is 28.9 Å². The summed E-state index contributed by atoms with van der Waals surface area (Å²) in [6, 6.07) is 18.3. The maximum atomic E-state index is 11.8. The lowest BCUT2D eigenvalue weighted by Crippen LogP contribution is -2.19. The number of nitrogens with zero attached hydrogens (tertiary/aromatic N) is 2. The molecular formula is C21H19N3O2S. The number of hydrogen-bond donors (Lipinski definition) is 1. The van der Waals surface area contributed by atoms with E-state index in [1.807, 2.05) is 30.3 Å². The summed E-state index contributed by atoms with van der Waals surface area (Å²) in [4.78, 5) is 15.9. The summed E-state index contributed by atoms with van der Waals surface area (Å²) >= 11 is 1.16. The molecule has 1 heterocycles. The minimum absolute atomic E-state index is 0.236. The second-order valence-corrected chi connectivity index (χ2v) is 7.00. The van der Waals surface area contributed by atoms with Crippen LogP contribution < -0.4 is 5.32 Å². The molecule has 0 unspecified atom stereocenters. The van der Waals surface area contributed by atoms with Crippen LogP contribution in [0, 0.1) is 11.5 Å². The van der Waals surface area contributed by atoms with Crippen molar-refractivity contribution in [3.05, 3.63) is 76.2 Å². The first kappa shape index (κ1) is 18.9. The fourth-order valence-corrected chi connectivity index (χ4v) is 3.38. The van der Waals surface area contributed by atoms with Gasteiger partial charge in [-0.25, -0.2) is 0 Å². The molecule has 27 heavy (non-hydrogen) atoms. The minimum Gasteiger partial charge on any atom is -0.377 e. The van der Waals surface area contributed by atoms with Gasteiger partial charge in [0.1, 0.15) is 0 Å². The summed E-state index contributed by atoms with van der Waals surface area (Å²) in [5, 5.41) is 11.4. The van der Waals surface area contributed by atoms with Gasteiger partial charge in [0.05, 0.1) is 11.5 Å². The third-order valence-corrected chi connectivity index (χ3v) is 4.86. The van der Waals surface area contributed by atoms with Crippen molar-refractivity contribution in [2.75, 3.05) is 6.61 Å². The van der Waals surface area contributed by atoms with Gasteiger partial charge >= 0.3 is 0 Å². The van der Waals surface area contributed by atoms with Crippen molar-refractivity contribution in [3.63, 3.8) is 0 Å². The molecule has 1 fully saturated rings. The first-order valence-electron chi connectivity index (χ1n) is 8.63. The van der Waals surface area contributed by atoms with E-state index in [1.165, 1.54) is 5.56 Å². The van der Waals surface area contributed by atoms with Crippen LogP contribution in [0.15, 0.2) is 64.5 Å². The van der Waals surface area contributed by atoms with E-state index in [1.54, 1.807) is 12.3 Å². The Balaban J connectivity index is 1.45. The zero-order chi connectivity index (χ0) is 18.9. The molecule has 0 aliphatic carbocycles. The molecule has 0 atom stereocenters. The van der Waals surface area contributed by atoms with E-state index in [9.17, 15) is 4.79 Å². The van der Waals surface area contributed by atoms with Gasteiger partial charge in [-0.05, 0) is 47.4 Å². The van der Waals surface area contributed by atoms with E-state index >= 15 is 0 Å². The van der Waals surface area contributed by atoms with Crippen molar-refractivity contribution in [2.24, 2.45) is 4.99 Å². The highest BCUT2D eigenvalue weighted by atomic mass is 32.2. The molecule has 1 saturated heterocycles. The molecular weight excluding hydrogens is 358 g/mol. The number of amides is 1. The fourth-order valence-electron chi connectivity index (χ4n) is 2.60. The van der Waals surface area contributed by atoms with Crippen LogP contribution in [0.3, 0.4) is 0 Å². The average molecular weight is 377 g/mol.